The van der Waals surface area contributed by atoms with Crippen molar-refractivity contribution in [3.05, 3.63) is 0 Å². The number of alkyl halides is 2. The van der Waals surface area contributed by atoms with Gasteiger partial charge in [-0.3, -0.25) is 14.1 Å². The maximum Gasteiger partial charge on any atom is 0.536 e. The predicted octanol–water partition coefficient (Wildman–Crippen LogP) is -0.864. The Morgan fingerprint density at radius 3 is 2.57 bits per heavy atom. The number of hydrogen-bond acceptors (Lipinski definition) is 7. The molecule has 1 aliphatic heterocycles. The lowest BCUT2D eigenvalue weighted by molar-refractivity contribution is -0.203. The maximum atomic E-state index is 13.1. The van der Waals surface area contributed by atoms with Crippen LogP contribution in [0.5, 0.6) is 0 Å². The summed E-state index contributed by atoms with van der Waals surface area (Å²) in [6.45, 7) is 0. The molecular formula is C10H10F2O8S. The van der Waals surface area contributed by atoms with Crippen molar-refractivity contribution >= 4 is 22.1 Å². The van der Waals surface area contributed by atoms with Gasteiger partial charge in [-0.15, -0.1) is 8.78 Å². The largest absolute Gasteiger partial charge is 0.536 e. The molecule has 3 aliphatic rings. The molecule has 1 heterocycles. The first-order chi connectivity index (χ1) is 9.54. The zero-order valence-electron chi connectivity index (χ0n) is 10.2. The van der Waals surface area contributed by atoms with Crippen LogP contribution in [0.25, 0.3) is 0 Å². The van der Waals surface area contributed by atoms with Gasteiger partial charge in [-0.05, 0) is 6.42 Å². The lowest BCUT2D eigenvalue weighted by Gasteiger charge is -2.27. The van der Waals surface area contributed by atoms with Crippen LogP contribution in [0.15, 0.2) is 0 Å². The number of aliphatic hydroxyl groups excluding tert-OH is 1. The van der Waals surface area contributed by atoms with Crippen molar-refractivity contribution in [3.8, 4) is 0 Å². The molecule has 11 heteroatoms. The molecule has 8 nitrogen and oxygen atoms in total. The number of aliphatic hydroxyl groups is 1. The Bertz CT molecular complexity index is 617. The molecule has 2 N–H and O–H groups in total. The van der Waals surface area contributed by atoms with Gasteiger partial charge in [0.2, 0.25) is 0 Å². The van der Waals surface area contributed by atoms with Crippen LogP contribution in [-0.4, -0.2) is 47.7 Å². The second kappa shape index (κ2) is 4.11. The van der Waals surface area contributed by atoms with E-state index in [4.69, 9.17) is 9.29 Å². The third kappa shape index (κ3) is 1.87. The van der Waals surface area contributed by atoms with E-state index in [0.29, 0.717) is 0 Å². The average Bonchev–Trinajstić information content (AvgIpc) is 2.90. The zero-order chi connectivity index (χ0) is 15.7. The highest BCUT2D eigenvalue weighted by atomic mass is 32.2. The van der Waals surface area contributed by atoms with E-state index in [-0.39, 0.29) is 6.42 Å². The molecule has 0 aromatic carbocycles. The Morgan fingerprint density at radius 2 is 2.00 bits per heavy atom. The van der Waals surface area contributed by atoms with Gasteiger partial charge in [-0.25, -0.2) is 0 Å². The van der Waals surface area contributed by atoms with Gasteiger partial charge < -0.3 is 14.6 Å². The predicted molar refractivity (Wildman–Crippen MR) is 57.1 cm³/mol. The summed E-state index contributed by atoms with van der Waals surface area (Å²) >= 11 is 0. The molecule has 3 rings (SSSR count). The number of rotatable bonds is 3. The first kappa shape index (κ1) is 14.6. The quantitative estimate of drug-likeness (QED) is 0.506. The Morgan fingerprint density at radius 1 is 1.38 bits per heavy atom. The van der Waals surface area contributed by atoms with Crippen molar-refractivity contribution in [3.63, 3.8) is 0 Å². The highest BCUT2D eigenvalue weighted by Gasteiger charge is 2.69. The minimum absolute atomic E-state index is 0.222. The Hall–Kier alpha value is -1.33. The molecule has 0 aromatic rings. The van der Waals surface area contributed by atoms with Crippen LogP contribution in [0.3, 0.4) is 0 Å². The van der Waals surface area contributed by atoms with Crippen LogP contribution in [0, 0.1) is 23.7 Å². The van der Waals surface area contributed by atoms with E-state index in [1.807, 2.05) is 0 Å². The molecule has 0 amide bonds. The van der Waals surface area contributed by atoms with Gasteiger partial charge in [-0.1, -0.05) is 0 Å². The van der Waals surface area contributed by atoms with Crippen molar-refractivity contribution < 1.29 is 45.9 Å². The molecular weight excluding hydrogens is 318 g/mol. The normalized spacial score (nSPS) is 41.2. The fourth-order valence-corrected chi connectivity index (χ4v) is 3.77. The van der Waals surface area contributed by atoms with Gasteiger partial charge in [0.1, 0.15) is 6.10 Å². The van der Waals surface area contributed by atoms with Crippen LogP contribution >= 0.6 is 0 Å². The molecule has 0 radical (unpaired) electrons. The lowest BCUT2D eigenvalue weighted by atomic mass is 9.78. The summed E-state index contributed by atoms with van der Waals surface area (Å²) < 4.78 is 63.7. The average molecular weight is 328 g/mol. The van der Waals surface area contributed by atoms with E-state index in [9.17, 15) is 31.9 Å². The molecule has 6 unspecified atom stereocenters. The molecule has 2 bridgehead atoms. The molecule has 1 saturated heterocycles. The minimum atomic E-state index is -5.94. The summed E-state index contributed by atoms with van der Waals surface area (Å²) in [4.78, 5) is 23.4. The van der Waals surface area contributed by atoms with E-state index in [1.54, 1.807) is 0 Å². The maximum absolute atomic E-state index is 13.1. The van der Waals surface area contributed by atoms with Gasteiger partial charge in [0.25, 0.3) is 0 Å². The first-order valence-electron chi connectivity index (χ1n) is 6.01. The number of carbonyl (C=O) groups is 2. The number of hydrogen-bond donors (Lipinski definition) is 2. The summed E-state index contributed by atoms with van der Waals surface area (Å²) in [7, 11) is -5.94. The minimum Gasteiger partial charge on any atom is -0.459 e. The summed E-state index contributed by atoms with van der Waals surface area (Å²) in [5.41, 5.74) is -5.11. The smallest absolute Gasteiger partial charge is 0.459 e. The van der Waals surface area contributed by atoms with Crippen LogP contribution < -0.4 is 0 Å². The number of fused-ring (bicyclic) bond motifs is 1. The van der Waals surface area contributed by atoms with Crippen molar-refractivity contribution in [1.82, 2.24) is 0 Å². The fourth-order valence-electron chi connectivity index (χ4n) is 3.58. The zero-order valence-corrected chi connectivity index (χ0v) is 11.0. The molecule has 2 saturated carbocycles. The van der Waals surface area contributed by atoms with E-state index < -0.39 is 63.4 Å². The SMILES string of the molecule is O=C(OC(F)(F)S(=O)(=O)O)C1C2CC3C(OC(=O)C31)C2O. The third-order valence-corrected chi connectivity index (χ3v) is 5.05. The van der Waals surface area contributed by atoms with Crippen LogP contribution in [0.2, 0.25) is 0 Å². The Balaban J connectivity index is 1.85. The summed E-state index contributed by atoms with van der Waals surface area (Å²) in [6, 6.07) is 0. The van der Waals surface area contributed by atoms with E-state index in [2.05, 4.69) is 4.74 Å². The molecule has 2 aliphatic carbocycles. The summed E-state index contributed by atoms with van der Waals surface area (Å²) in [6.07, 6.45) is -1.73. The standard InChI is InChI=1S/C10H10F2O8S/c11-10(12,21(16,17)18)20-9(15)4-2-1-3-5(4)8(14)19-7(3)6(2)13/h2-7,13H,1H2,(H,16,17,18). The van der Waals surface area contributed by atoms with Gasteiger partial charge >= 0.3 is 27.5 Å². The lowest BCUT2D eigenvalue weighted by Crippen LogP contribution is -2.44. The third-order valence-electron chi connectivity index (χ3n) is 4.37. The van der Waals surface area contributed by atoms with Crippen LogP contribution in [0.1, 0.15) is 6.42 Å². The summed E-state index contributed by atoms with van der Waals surface area (Å²) in [5.74, 6) is -6.21. The second-order valence-electron chi connectivity index (χ2n) is 5.37. The van der Waals surface area contributed by atoms with Crippen LogP contribution in [0.4, 0.5) is 8.78 Å². The van der Waals surface area contributed by atoms with E-state index in [0.717, 1.165) is 0 Å². The molecule has 21 heavy (non-hydrogen) atoms. The number of halogens is 2. The van der Waals surface area contributed by atoms with Crippen molar-refractivity contribution in [2.75, 3.05) is 0 Å². The van der Waals surface area contributed by atoms with Gasteiger partial charge in [0.15, 0.2) is 0 Å². The highest BCUT2D eigenvalue weighted by Crippen LogP contribution is 2.58. The van der Waals surface area contributed by atoms with Gasteiger partial charge in [0, 0.05) is 11.8 Å². The number of esters is 2. The fraction of sp³-hybridized carbons (Fsp3) is 0.800. The van der Waals surface area contributed by atoms with Gasteiger partial charge in [-0.2, -0.15) is 8.42 Å². The highest BCUT2D eigenvalue weighted by molar-refractivity contribution is 7.86. The number of ether oxygens (including phenoxy) is 2. The first-order valence-corrected chi connectivity index (χ1v) is 7.45. The molecule has 0 aromatic heterocycles. The molecule has 3 fully saturated rings. The van der Waals surface area contributed by atoms with Crippen molar-refractivity contribution in [2.45, 2.75) is 24.1 Å². The molecule has 118 valence electrons. The Labute approximate surface area is 116 Å². The van der Waals surface area contributed by atoms with Gasteiger partial charge in [0.05, 0.1) is 17.9 Å². The van der Waals surface area contributed by atoms with Crippen molar-refractivity contribution in [2.24, 2.45) is 23.7 Å². The van der Waals surface area contributed by atoms with E-state index >= 15 is 0 Å². The number of carbonyl (C=O) groups excluding carboxylic acids is 2. The van der Waals surface area contributed by atoms with Crippen LogP contribution in [-0.2, 0) is 29.2 Å². The van der Waals surface area contributed by atoms with E-state index in [1.165, 1.54) is 0 Å². The molecule has 0 spiro atoms. The second-order valence-corrected chi connectivity index (χ2v) is 6.79. The monoisotopic (exact) mass is 328 g/mol. The summed E-state index contributed by atoms with van der Waals surface area (Å²) in [5, 5.41) is 9.86. The molecule has 6 atom stereocenters. The Kier molecular flexibility index (Phi) is 2.86. The topological polar surface area (TPSA) is 127 Å². The van der Waals surface area contributed by atoms with Crippen molar-refractivity contribution in [1.29, 1.82) is 0 Å².